The van der Waals surface area contributed by atoms with Crippen LogP contribution >= 0.6 is 11.3 Å². The van der Waals surface area contributed by atoms with E-state index in [1.165, 1.54) is 5.52 Å². The molecule has 0 amide bonds. The summed E-state index contributed by atoms with van der Waals surface area (Å²) in [6, 6.07) is 13.1. The molecule has 0 atom stereocenters. The first-order valence-corrected chi connectivity index (χ1v) is 11.0. The van der Waals surface area contributed by atoms with Crippen molar-refractivity contribution in [3.8, 4) is 16.9 Å². The number of benzene rings is 2. The predicted octanol–water partition coefficient (Wildman–Crippen LogP) is 5.86. The monoisotopic (exact) mass is 420 g/mol. The third kappa shape index (κ3) is 3.83. The number of imidazole rings is 1. The lowest BCUT2D eigenvalue weighted by Crippen LogP contribution is -2.05. The maximum atomic E-state index is 11.7. The van der Waals surface area contributed by atoms with Crippen molar-refractivity contribution in [3.05, 3.63) is 70.2 Å². The molecule has 4 rings (SSSR count). The van der Waals surface area contributed by atoms with Crippen molar-refractivity contribution in [1.82, 2.24) is 9.55 Å². The average Bonchev–Trinajstić information content (AvgIpc) is 3.34. The SMILES string of the molecule is CCCCc1nc2cscc2n1Cc1ccc(-c2c(OC)cccc2C(=O)O)cc1. The Kier molecular flexibility index (Phi) is 5.86. The molecule has 1 N–H and O–H groups in total. The van der Waals surface area contributed by atoms with Gasteiger partial charge in [-0.25, -0.2) is 9.78 Å². The fraction of sp³-hybridized carbons (Fsp3) is 0.250. The van der Waals surface area contributed by atoms with Gasteiger partial charge >= 0.3 is 5.97 Å². The molecular weight excluding hydrogens is 396 g/mol. The number of aromatic carboxylic acids is 1. The standard InChI is InChI=1S/C24H24N2O3S/c1-3-4-8-22-25-19-14-30-15-20(19)26(22)13-16-9-11-17(12-10-16)23-18(24(27)28)6-5-7-21(23)29-2/h5-7,9-12,14-15H,3-4,8,13H2,1-2H3,(H,27,28). The summed E-state index contributed by atoms with van der Waals surface area (Å²) in [4.78, 5) is 16.5. The third-order valence-electron chi connectivity index (χ3n) is 5.29. The molecule has 0 unspecified atom stereocenters. The Labute approximate surface area is 179 Å². The zero-order chi connectivity index (χ0) is 21.1. The Morgan fingerprint density at radius 3 is 2.67 bits per heavy atom. The molecule has 0 aliphatic rings. The van der Waals surface area contributed by atoms with Crippen LogP contribution in [0.5, 0.6) is 5.75 Å². The summed E-state index contributed by atoms with van der Waals surface area (Å²) in [6.07, 6.45) is 3.23. The number of aromatic nitrogens is 2. The van der Waals surface area contributed by atoms with E-state index in [-0.39, 0.29) is 5.56 Å². The fourth-order valence-electron chi connectivity index (χ4n) is 3.75. The van der Waals surface area contributed by atoms with Gasteiger partial charge in [0.05, 0.1) is 23.7 Å². The smallest absolute Gasteiger partial charge is 0.336 e. The van der Waals surface area contributed by atoms with Gasteiger partial charge in [-0.1, -0.05) is 43.7 Å². The van der Waals surface area contributed by atoms with E-state index < -0.39 is 5.97 Å². The van der Waals surface area contributed by atoms with Crippen molar-refractivity contribution in [2.45, 2.75) is 32.7 Å². The van der Waals surface area contributed by atoms with Crippen LogP contribution in [0.4, 0.5) is 0 Å². The molecule has 2 aromatic heterocycles. The molecule has 5 nitrogen and oxygen atoms in total. The van der Waals surface area contributed by atoms with Crippen molar-refractivity contribution < 1.29 is 14.6 Å². The number of methoxy groups -OCH3 is 1. The Balaban J connectivity index is 1.67. The molecule has 2 heterocycles. The van der Waals surface area contributed by atoms with Crippen LogP contribution in [-0.2, 0) is 13.0 Å². The number of carboxylic acids is 1. The Hall–Kier alpha value is -3.12. The second kappa shape index (κ2) is 8.71. The first-order valence-electron chi connectivity index (χ1n) is 10.0. The number of thiophene rings is 1. The van der Waals surface area contributed by atoms with E-state index in [0.29, 0.717) is 11.3 Å². The molecule has 2 aromatic carbocycles. The maximum absolute atomic E-state index is 11.7. The molecule has 0 saturated heterocycles. The van der Waals surface area contributed by atoms with Crippen molar-refractivity contribution in [2.75, 3.05) is 7.11 Å². The number of aryl methyl sites for hydroxylation is 1. The highest BCUT2D eigenvalue weighted by atomic mass is 32.1. The van der Waals surface area contributed by atoms with Gasteiger partial charge < -0.3 is 14.4 Å². The van der Waals surface area contributed by atoms with Crippen molar-refractivity contribution in [2.24, 2.45) is 0 Å². The number of fused-ring (bicyclic) bond motifs is 1. The van der Waals surface area contributed by atoms with Gasteiger partial charge in [0, 0.05) is 29.3 Å². The fourth-order valence-corrected chi connectivity index (χ4v) is 4.49. The number of unbranched alkanes of at least 4 members (excludes halogenated alkanes) is 1. The quantitative estimate of drug-likeness (QED) is 0.388. The Morgan fingerprint density at radius 1 is 1.17 bits per heavy atom. The second-order valence-electron chi connectivity index (χ2n) is 7.24. The van der Waals surface area contributed by atoms with Crippen LogP contribution in [0.2, 0.25) is 0 Å². The molecule has 6 heteroatoms. The van der Waals surface area contributed by atoms with E-state index in [1.54, 1.807) is 36.6 Å². The van der Waals surface area contributed by atoms with E-state index in [2.05, 4.69) is 34.4 Å². The molecule has 0 saturated carbocycles. The minimum Gasteiger partial charge on any atom is -0.496 e. The molecule has 0 fully saturated rings. The number of rotatable bonds is 8. The summed E-state index contributed by atoms with van der Waals surface area (Å²) in [5.74, 6) is 0.711. The van der Waals surface area contributed by atoms with Crippen LogP contribution in [0.25, 0.3) is 22.2 Å². The van der Waals surface area contributed by atoms with E-state index >= 15 is 0 Å². The van der Waals surface area contributed by atoms with E-state index in [0.717, 1.165) is 48.3 Å². The molecule has 0 radical (unpaired) electrons. The largest absolute Gasteiger partial charge is 0.496 e. The van der Waals surface area contributed by atoms with Crippen LogP contribution in [0.1, 0.15) is 41.5 Å². The lowest BCUT2D eigenvalue weighted by atomic mass is 9.97. The lowest BCUT2D eigenvalue weighted by Gasteiger charge is -2.13. The molecule has 0 aliphatic carbocycles. The summed E-state index contributed by atoms with van der Waals surface area (Å²) in [6.45, 7) is 2.93. The van der Waals surface area contributed by atoms with E-state index in [4.69, 9.17) is 9.72 Å². The van der Waals surface area contributed by atoms with Gasteiger partial charge in [-0.05, 0) is 29.7 Å². The topological polar surface area (TPSA) is 64.4 Å². The normalized spacial score (nSPS) is 11.1. The molecule has 0 bridgehead atoms. The number of hydrogen-bond acceptors (Lipinski definition) is 4. The summed E-state index contributed by atoms with van der Waals surface area (Å²) in [5, 5.41) is 13.8. The van der Waals surface area contributed by atoms with Crippen LogP contribution in [-0.4, -0.2) is 27.7 Å². The van der Waals surface area contributed by atoms with Crippen LogP contribution in [0.3, 0.4) is 0 Å². The van der Waals surface area contributed by atoms with Gasteiger partial charge in [0.2, 0.25) is 0 Å². The summed E-state index contributed by atoms with van der Waals surface area (Å²) >= 11 is 1.67. The highest BCUT2D eigenvalue weighted by Crippen LogP contribution is 2.34. The minimum absolute atomic E-state index is 0.235. The first kappa shape index (κ1) is 20.2. The van der Waals surface area contributed by atoms with Crippen LogP contribution in [0.15, 0.2) is 53.2 Å². The van der Waals surface area contributed by atoms with Gasteiger partial charge in [0.25, 0.3) is 0 Å². The predicted molar refractivity (Wildman–Crippen MR) is 121 cm³/mol. The highest BCUT2D eigenvalue weighted by molar-refractivity contribution is 7.09. The highest BCUT2D eigenvalue weighted by Gasteiger charge is 2.17. The molecule has 154 valence electrons. The van der Waals surface area contributed by atoms with Gasteiger partial charge in [0.1, 0.15) is 11.6 Å². The first-order chi connectivity index (χ1) is 14.6. The summed E-state index contributed by atoms with van der Waals surface area (Å²) in [7, 11) is 1.56. The average molecular weight is 421 g/mol. The molecule has 30 heavy (non-hydrogen) atoms. The molecule has 0 aliphatic heterocycles. The maximum Gasteiger partial charge on any atom is 0.336 e. The summed E-state index contributed by atoms with van der Waals surface area (Å²) < 4.78 is 7.72. The number of carbonyl (C=O) groups is 1. The van der Waals surface area contributed by atoms with Crippen molar-refractivity contribution in [1.29, 1.82) is 0 Å². The molecule has 0 spiro atoms. The molecule has 4 aromatic rings. The van der Waals surface area contributed by atoms with Crippen LogP contribution < -0.4 is 4.74 Å². The third-order valence-corrected chi connectivity index (χ3v) is 6.01. The number of nitrogens with zero attached hydrogens (tertiary/aromatic N) is 2. The van der Waals surface area contributed by atoms with Crippen molar-refractivity contribution in [3.63, 3.8) is 0 Å². The van der Waals surface area contributed by atoms with Gasteiger partial charge in [-0.3, -0.25) is 0 Å². The number of hydrogen-bond donors (Lipinski definition) is 1. The Morgan fingerprint density at radius 2 is 1.97 bits per heavy atom. The van der Waals surface area contributed by atoms with Crippen molar-refractivity contribution >= 4 is 28.3 Å². The van der Waals surface area contributed by atoms with E-state index in [9.17, 15) is 9.90 Å². The minimum atomic E-state index is -0.966. The zero-order valence-corrected chi connectivity index (χ0v) is 17.9. The number of carboxylic acid groups (broad SMARTS) is 1. The van der Waals surface area contributed by atoms with Crippen LogP contribution in [0, 0.1) is 0 Å². The van der Waals surface area contributed by atoms with E-state index in [1.807, 2.05) is 12.1 Å². The van der Waals surface area contributed by atoms with Gasteiger partial charge in [-0.2, -0.15) is 0 Å². The second-order valence-corrected chi connectivity index (χ2v) is 7.99. The zero-order valence-electron chi connectivity index (χ0n) is 17.1. The Bertz CT molecular complexity index is 1180. The van der Waals surface area contributed by atoms with Gasteiger partial charge in [-0.15, -0.1) is 11.3 Å². The number of ether oxygens (including phenoxy) is 1. The lowest BCUT2D eigenvalue weighted by molar-refractivity contribution is 0.0697. The van der Waals surface area contributed by atoms with Gasteiger partial charge in [0.15, 0.2) is 0 Å². The summed E-state index contributed by atoms with van der Waals surface area (Å²) in [5.41, 5.74) is 5.04. The molecular formula is C24H24N2O3S.